The third-order valence-corrected chi connectivity index (χ3v) is 1.05. The maximum atomic E-state index is 5.24. The van der Waals surface area contributed by atoms with Crippen molar-refractivity contribution in [3.63, 3.8) is 0 Å². The molecule has 0 spiro atoms. The molecule has 0 aliphatic heterocycles. The van der Waals surface area contributed by atoms with Crippen molar-refractivity contribution in [2.45, 2.75) is 13.3 Å². The lowest BCUT2D eigenvalue weighted by molar-refractivity contribution is 0.389. The summed E-state index contributed by atoms with van der Waals surface area (Å²) in [5.41, 5.74) is 5.24. The van der Waals surface area contributed by atoms with Gasteiger partial charge in [-0.05, 0) is 0 Å². The number of hydrogen-bond donors (Lipinski definition) is 1. The Morgan fingerprint density at radius 2 is 2.50 bits per heavy atom. The average Bonchev–Trinajstić information content (AvgIpc) is 2.13. The minimum atomic E-state index is 0.376. The maximum Gasteiger partial charge on any atom is 0.223 e. The van der Waals surface area contributed by atoms with Crippen molar-refractivity contribution in [1.82, 2.24) is 10.1 Å². The largest absolute Gasteiger partial charge is 0.393 e. The van der Waals surface area contributed by atoms with Crippen LogP contribution >= 0.6 is 12.2 Å². The Bertz CT molecular complexity index is 245. The predicted molar refractivity (Wildman–Crippen MR) is 39.5 cm³/mol. The molecular weight excluding hydrogens is 150 g/mol. The molecule has 4 nitrogen and oxygen atoms in total. The lowest BCUT2D eigenvalue weighted by Gasteiger charge is -1.86. The highest BCUT2D eigenvalue weighted by molar-refractivity contribution is 7.80. The fourth-order valence-electron chi connectivity index (χ4n) is 0.569. The summed E-state index contributed by atoms with van der Waals surface area (Å²) in [7, 11) is 0. The Morgan fingerprint density at radius 1 is 1.80 bits per heavy atom. The van der Waals surface area contributed by atoms with Crippen LogP contribution in [0.15, 0.2) is 4.52 Å². The fraction of sp³-hybridized carbons (Fsp3) is 0.400. The van der Waals surface area contributed by atoms with Crippen LogP contribution in [0.5, 0.6) is 0 Å². The molecule has 0 saturated heterocycles. The van der Waals surface area contributed by atoms with E-state index >= 15 is 0 Å². The number of aryl methyl sites for hydroxylation is 1. The molecule has 0 fully saturated rings. The summed E-state index contributed by atoms with van der Waals surface area (Å²) in [6.45, 7) is 1.72. The van der Waals surface area contributed by atoms with Crippen molar-refractivity contribution >= 4 is 17.2 Å². The van der Waals surface area contributed by atoms with E-state index < -0.39 is 0 Å². The first-order valence-electron chi connectivity index (χ1n) is 2.76. The lowest BCUT2D eigenvalue weighted by Crippen LogP contribution is -2.11. The van der Waals surface area contributed by atoms with Gasteiger partial charge in [-0.3, -0.25) is 0 Å². The molecule has 0 atom stereocenters. The van der Waals surface area contributed by atoms with Crippen molar-refractivity contribution in [2.75, 3.05) is 0 Å². The SMILES string of the molecule is Cc1nc(CC(N)=S)no1. The number of rotatable bonds is 2. The minimum absolute atomic E-state index is 0.376. The summed E-state index contributed by atoms with van der Waals surface area (Å²) in [5, 5.41) is 3.60. The summed E-state index contributed by atoms with van der Waals surface area (Å²) in [4.78, 5) is 4.28. The van der Waals surface area contributed by atoms with E-state index in [2.05, 4.69) is 26.9 Å². The topological polar surface area (TPSA) is 64.9 Å². The van der Waals surface area contributed by atoms with E-state index in [0.29, 0.717) is 23.1 Å². The van der Waals surface area contributed by atoms with Crippen LogP contribution in [0.25, 0.3) is 0 Å². The van der Waals surface area contributed by atoms with E-state index in [1.807, 2.05) is 0 Å². The van der Waals surface area contributed by atoms with E-state index in [0.717, 1.165) is 0 Å². The van der Waals surface area contributed by atoms with Gasteiger partial charge in [0.05, 0.1) is 11.4 Å². The molecule has 0 unspecified atom stereocenters. The quantitative estimate of drug-likeness (QED) is 0.621. The summed E-state index contributed by atoms with van der Waals surface area (Å²) in [5.74, 6) is 1.08. The van der Waals surface area contributed by atoms with Gasteiger partial charge < -0.3 is 10.3 Å². The average molecular weight is 157 g/mol. The van der Waals surface area contributed by atoms with Crippen molar-refractivity contribution in [3.8, 4) is 0 Å². The molecule has 0 radical (unpaired) electrons. The van der Waals surface area contributed by atoms with Crippen LogP contribution in [-0.2, 0) is 6.42 Å². The lowest BCUT2D eigenvalue weighted by atomic mass is 10.4. The number of nitrogens with zero attached hydrogens (tertiary/aromatic N) is 2. The molecule has 1 aromatic rings. The van der Waals surface area contributed by atoms with Gasteiger partial charge in [-0.2, -0.15) is 4.98 Å². The van der Waals surface area contributed by atoms with Crippen molar-refractivity contribution in [3.05, 3.63) is 11.7 Å². The van der Waals surface area contributed by atoms with E-state index in [4.69, 9.17) is 5.73 Å². The third-order valence-electron chi connectivity index (χ3n) is 0.902. The molecule has 54 valence electrons. The molecule has 10 heavy (non-hydrogen) atoms. The molecule has 1 rings (SSSR count). The molecule has 1 heterocycles. The third kappa shape index (κ3) is 1.77. The highest BCUT2D eigenvalue weighted by atomic mass is 32.1. The van der Waals surface area contributed by atoms with Crippen LogP contribution in [0.4, 0.5) is 0 Å². The minimum Gasteiger partial charge on any atom is -0.393 e. The summed E-state index contributed by atoms with van der Waals surface area (Å²) in [6.07, 6.45) is 0.409. The smallest absolute Gasteiger partial charge is 0.223 e. The van der Waals surface area contributed by atoms with E-state index in [1.54, 1.807) is 6.92 Å². The van der Waals surface area contributed by atoms with Crippen LogP contribution in [0.2, 0.25) is 0 Å². The normalized spacial score (nSPS) is 9.70. The summed E-state index contributed by atoms with van der Waals surface area (Å²) >= 11 is 4.64. The van der Waals surface area contributed by atoms with Gasteiger partial charge in [0.15, 0.2) is 5.82 Å². The standard InChI is InChI=1S/C5H7N3OS/c1-3-7-5(8-9-3)2-4(6)10/h2H2,1H3,(H2,6,10). The van der Waals surface area contributed by atoms with Gasteiger partial charge in [-0.1, -0.05) is 17.4 Å². The van der Waals surface area contributed by atoms with Gasteiger partial charge in [0.1, 0.15) is 0 Å². The second-order valence-electron chi connectivity index (χ2n) is 1.87. The van der Waals surface area contributed by atoms with Crippen molar-refractivity contribution in [1.29, 1.82) is 0 Å². The summed E-state index contributed by atoms with van der Waals surface area (Å²) < 4.78 is 4.69. The number of thiocarbonyl (C=S) groups is 1. The number of aromatic nitrogens is 2. The highest BCUT2D eigenvalue weighted by Crippen LogP contribution is 1.94. The molecule has 0 aliphatic carbocycles. The molecule has 0 saturated carbocycles. The first-order chi connectivity index (χ1) is 4.68. The zero-order chi connectivity index (χ0) is 7.56. The molecule has 5 heteroatoms. The number of hydrogen-bond acceptors (Lipinski definition) is 4. The van der Waals surface area contributed by atoms with Crippen LogP contribution in [0.1, 0.15) is 11.7 Å². The molecule has 0 aliphatic rings. The molecule has 0 aromatic carbocycles. The molecule has 0 bridgehead atoms. The Morgan fingerprint density at radius 3 is 2.90 bits per heavy atom. The second kappa shape index (κ2) is 2.74. The summed E-state index contributed by atoms with van der Waals surface area (Å²) in [6, 6.07) is 0. The van der Waals surface area contributed by atoms with Gasteiger partial charge in [0.25, 0.3) is 0 Å². The molecular formula is C5H7N3OS. The Hall–Kier alpha value is -0.970. The van der Waals surface area contributed by atoms with Gasteiger partial charge in [0, 0.05) is 6.92 Å². The van der Waals surface area contributed by atoms with E-state index in [1.165, 1.54) is 0 Å². The van der Waals surface area contributed by atoms with E-state index in [9.17, 15) is 0 Å². The second-order valence-corrected chi connectivity index (χ2v) is 2.40. The molecule has 1 aromatic heterocycles. The number of nitrogens with two attached hydrogens (primary N) is 1. The van der Waals surface area contributed by atoms with Gasteiger partial charge in [-0.25, -0.2) is 0 Å². The Labute approximate surface area is 63.4 Å². The predicted octanol–water partition coefficient (Wildman–Crippen LogP) is 0.207. The zero-order valence-electron chi connectivity index (χ0n) is 5.50. The highest BCUT2D eigenvalue weighted by Gasteiger charge is 2.01. The first-order valence-corrected chi connectivity index (χ1v) is 3.17. The zero-order valence-corrected chi connectivity index (χ0v) is 6.31. The van der Waals surface area contributed by atoms with Gasteiger partial charge in [0.2, 0.25) is 5.89 Å². The van der Waals surface area contributed by atoms with Crippen molar-refractivity contribution in [2.24, 2.45) is 5.73 Å². The van der Waals surface area contributed by atoms with Crippen LogP contribution < -0.4 is 5.73 Å². The monoisotopic (exact) mass is 157 g/mol. The van der Waals surface area contributed by atoms with Gasteiger partial charge in [-0.15, -0.1) is 0 Å². The van der Waals surface area contributed by atoms with Crippen LogP contribution in [-0.4, -0.2) is 15.1 Å². The Balaban J connectivity index is 2.67. The van der Waals surface area contributed by atoms with Crippen LogP contribution in [0, 0.1) is 6.92 Å². The van der Waals surface area contributed by atoms with Crippen LogP contribution in [0.3, 0.4) is 0 Å². The fourth-order valence-corrected chi connectivity index (χ4v) is 0.698. The maximum absolute atomic E-state index is 5.24. The van der Waals surface area contributed by atoms with E-state index in [-0.39, 0.29) is 0 Å². The molecule has 0 amide bonds. The van der Waals surface area contributed by atoms with Gasteiger partial charge >= 0.3 is 0 Å². The first kappa shape index (κ1) is 7.14. The molecule has 2 N–H and O–H groups in total. The van der Waals surface area contributed by atoms with Crippen molar-refractivity contribution < 1.29 is 4.52 Å². The Kier molecular flexibility index (Phi) is 1.96.